The van der Waals surface area contributed by atoms with E-state index < -0.39 is 17.6 Å². The molecule has 0 saturated carbocycles. The third-order valence-corrected chi connectivity index (χ3v) is 5.48. The normalized spacial score (nSPS) is 17.3. The maximum absolute atomic E-state index is 13.1. The van der Waals surface area contributed by atoms with Crippen LogP contribution in [0.2, 0.25) is 10.0 Å². The number of carbonyl (C=O) groups is 2. The van der Waals surface area contributed by atoms with Crippen LogP contribution in [-0.2, 0) is 20.1 Å². The minimum absolute atomic E-state index is 0.0409. The van der Waals surface area contributed by atoms with Gasteiger partial charge in [0.25, 0.3) is 5.91 Å². The van der Waals surface area contributed by atoms with Crippen LogP contribution in [-0.4, -0.2) is 29.8 Å². The number of amidine groups is 1. The van der Waals surface area contributed by atoms with E-state index in [9.17, 15) is 9.59 Å². The molecular formula is C23H17Cl2N3O4. The lowest BCUT2D eigenvalue weighted by molar-refractivity contribution is -0.189. The highest BCUT2D eigenvalue weighted by atomic mass is 35.5. The fourth-order valence-corrected chi connectivity index (χ4v) is 3.89. The number of amides is 1. The molecule has 1 atom stereocenters. The molecule has 0 spiro atoms. The minimum Gasteiger partial charge on any atom is -0.464 e. The maximum atomic E-state index is 13.1. The van der Waals surface area contributed by atoms with Gasteiger partial charge in [-0.15, -0.1) is 0 Å². The number of nitrogens with one attached hydrogen (secondary N) is 1. The average molecular weight is 470 g/mol. The van der Waals surface area contributed by atoms with Gasteiger partial charge in [0.1, 0.15) is 0 Å². The van der Waals surface area contributed by atoms with Crippen LogP contribution in [0, 0.1) is 0 Å². The summed E-state index contributed by atoms with van der Waals surface area (Å²) in [5.74, 6) is -1.27. The SMILES string of the molecule is COC(=O)C1(c2ccccc2)ON=C(c2c(Cl)cccc2Cl)N1NC(=O)c1ccccc1. The standard InChI is InChI=1S/C23H17Cl2N3O4/c1-31-22(30)23(16-11-6-3-7-12-16)28(26-21(29)15-9-4-2-5-10-15)20(27-32-23)19-17(24)13-8-14-18(19)25/h2-14H,1H3,(H,26,29). The number of esters is 1. The summed E-state index contributed by atoms with van der Waals surface area (Å²) in [7, 11) is 1.22. The lowest BCUT2D eigenvalue weighted by Crippen LogP contribution is -2.60. The van der Waals surface area contributed by atoms with Gasteiger partial charge in [-0.1, -0.05) is 83.0 Å². The Bertz CT molecular complexity index is 1170. The minimum atomic E-state index is -1.95. The zero-order valence-corrected chi connectivity index (χ0v) is 18.3. The number of rotatable bonds is 5. The van der Waals surface area contributed by atoms with Crippen molar-refractivity contribution in [3.05, 3.63) is 106 Å². The van der Waals surface area contributed by atoms with Crippen LogP contribution in [0.4, 0.5) is 0 Å². The molecule has 7 nitrogen and oxygen atoms in total. The van der Waals surface area contributed by atoms with E-state index in [1.807, 2.05) is 0 Å². The summed E-state index contributed by atoms with van der Waals surface area (Å²) in [4.78, 5) is 31.9. The predicted octanol–water partition coefficient (Wildman–Crippen LogP) is 4.36. The number of halogens is 2. The van der Waals surface area contributed by atoms with Crippen molar-refractivity contribution in [2.24, 2.45) is 5.16 Å². The van der Waals surface area contributed by atoms with E-state index in [-0.39, 0.29) is 21.4 Å². The predicted molar refractivity (Wildman–Crippen MR) is 120 cm³/mol. The summed E-state index contributed by atoms with van der Waals surface area (Å²) in [5, 5.41) is 5.82. The molecule has 0 saturated heterocycles. The van der Waals surface area contributed by atoms with E-state index in [0.29, 0.717) is 11.1 Å². The Morgan fingerprint density at radius 1 is 0.938 bits per heavy atom. The van der Waals surface area contributed by atoms with Crippen molar-refractivity contribution in [1.29, 1.82) is 0 Å². The number of methoxy groups -OCH3 is 1. The van der Waals surface area contributed by atoms with Crippen LogP contribution in [0.15, 0.2) is 84.0 Å². The Balaban J connectivity index is 1.88. The highest BCUT2D eigenvalue weighted by Crippen LogP contribution is 2.39. The van der Waals surface area contributed by atoms with Crippen LogP contribution in [0.3, 0.4) is 0 Å². The van der Waals surface area contributed by atoms with Gasteiger partial charge >= 0.3 is 11.7 Å². The molecule has 0 aromatic heterocycles. The molecule has 1 aliphatic rings. The van der Waals surface area contributed by atoms with E-state index in [0.717, 1.165) is 0 Å². The highest BCUT2D eigenvalue weighted by Gasteiger charge is 2.57. The molecule has 0 aliphatic carbocycles. The number of ether oxygens (including phenoxy) is 1. The zero-order valence-electron chi connectivity index (χ0n) is 16.8. The molecule has 1 unspecified atom stereocenters. The topological polar surface area (TPSA) is 80.2 Å². The Kier molecular flexibility index (Phi) is 6.03. The second kappa shape index (κ2) is 8.90. The number of oxime groups is 1. The number of nitrogens with zero attached hydrogens (tertiary/aromatic N) is 2. The molecule has 1 heterocycles. The fraction of sp³-hybridized carbons (Fsp3) is 0.0870. The average Bonchev–Trinajstić information content (AvgIpc) is 3.19. The molecule has 0 radical (unpaired) electrons. The number of hydrazine groups is 1. The Morgan fingerprint density at radius 3 is 2.12 bits per heavy atom. The van der Waals surface area contributed by atoms with Crippen LogP contribution in [0.25, 0.3) is 0 Å². The van der Waals surface area contributed by atoms with Crippen molar-refractivity contribution in [1.82, 2.24) is 10.4 Å². The maximum Gasteiger partial charge on any atom is 0.381 e. The monoisotopic (exact) mass is 469 g/mol. The summed E-state index contributed by atoms with van der Waals surface area (Å²) < 4.78 is 5.06. The lowest BCUT2D eigenvalue weighted by atomic mass is 10.0. The first kappa shape index (κ1) is 21.7. The summed E-state index contributed by atoms with van der Waals surface area (Å²) in [6.45, 7) is 0. The smallest absolute Gasteiger partial charge is 0.381 e. The third kappa shape index (κ3) is 3.66. The van der Waals surface area contributed by atoms with Crippen molar-refractivity contribution in [2.75, 3.05) is 7.11 Å². The highest BCUT2D eigenvalue weighted by molar-refractivity contribution is 6.40. The van der Waals surface area contributed by atoms with Gasteiger partial charge in [0.15, 0.2) is 0 Å². The molecule has 3 aromatic carbocycles. The summed E-state index contributed by atoms with van der Waals surface area (Å²) in [6, 6.07) is 21.9. The number of hydrogen-bond donors (Lipinski definition) is 1. The molecule has 1 N–H and O–H groups in total. The molecule has 3 aromatic rings. The van der Waals surface area contributed by atoms with Gasteiger partial charge in [-0.25, -0.2) is 9.80 Å². The van der Waals surface area contributed by atoms with Crippen molar-refractivity contribution in [2.45, 2.75) is 5.72 Å². The number of carbonyl (C=O) groups excluding carboxylic acids is 2. The van der Waals surface area contributed by atoms with Crippen LogP contribution in [0.5, 0.6) is 0 Å². The van der Waals surface area contributed by atoms with Crippen molar-refractivity contribution >= 4 is 40.9 Å². The molecule has 32 heavy (non-hydrogen) atoms. The van der Waals surface area contributed by atoms with Gasteiger partial charge in [-0.05, 0) is 24.3 Å². The van der Waals surface area contributed by atoms with Gasteiger partial charge in [0.2, 0.25) is 5.84 Å². The lowest BCUT2D eigenvalue weighted by Gasteiger charge is -2.35. The quantitative estimate of drug-likeness (QED) is 0.561. The second-order valence-electron chi connectivity index (χ2n) is 6.75. The molecule has 162 valence electrons. The third-order valence-electron chi connectivity index (χ3n) is 4.85. The van der Waals surface area contributed by atoms with Crippen molar-refractivity contribution in [3.8, 4) is 0 Å². The van der Waals surface area contributed by atoms with Gasteiger partial charge in [0, 0.05) is 11.1 Å². The summed E-state index contributed by atoms with van der Waals surface area (Å²) in [5.41, 5.74) is 1.79. The van der Waals surface area contributed by atoms with Gasteiger partial charge in [0.05, 0.1) is 22.7 Å². The van der Waals surface area contributed by atoms with Gasteiger partial charge < -0.3 is 9.57 Å². The Labute approximate surface area is 194 Å². The Hall–Kier alpha value is -3.55. The first-order valence-corrected chi connectivity index (χ1v) is 10.3. The van der Waals surface area contributed by atoms with Gasteiger partial charge in [-0.2, -0.15) is 0 Å². The molecule has 1 amide bonds. The summed E-state index contributed by atoms with van der Waals surface area (Å²) in [6.07, 6.45) is 0. The number of benzene rings is 3. The molecule has 1 aliphatic heterocycles. The second-order valence-corrected chi connectivity index (χ2v) is 7.56. The van der Waals surface area contributed by atoms with Crippen LogP contribution in [0.1, 0.15) is 21.5 Å². The molecular weight excluding hydrogens is 453 g/mol. The molecule has 0 bridgehead atoms. The fourth-order valence-electron chi connectivity index (χ4n) is 3.33. The van der Waals surface area contributed by atoms with E-state index >= 15 is 0 Å². The first-order valence-electron chi connectivity index (χ1n) is 9.50. The van der Waals surface area contributed by atoms with Crippen molar-refractivity contribution < 1.29 is 19.2 Å². The molecule has 0 fully saturated rings. The molecule has 4 rings (SSSR count). The summed E-state index contributed by atoms with van der Waals surface area (Å²) >= 11 is 12.8. The van der Waals surface area contributed by atoms with Crippen LogP contribution >= 0.6 is 23.2 Å². The van der Waals surface area contributed by atoms with E-state index in [4.69, 9.17) is 32.8 Å². The molecule has 9 heteroatoms. The van der Waals surface area contributed by atoms with E-state index in [1.54, 1.807) is 78.9 Å². The largest absolute Gasteiger partial charge is 0.464 e. The van der Waals surface area contributed by atoms with Gasteiger partial charge in [-0.3, -0.25) is 10.2 Å². The van der Waals surface area contributed by atoms with Crippen LogP contribution < -0.4 is 5.43 Å². The zero-order chi connectivity index (χ0) is 22.7. The first-order chi connectivity index (χ1) is 15.5. The Morgan fingerprint density at radius 2 is 1.53 bits per heavy atom. The number of hydrogen-bond acceptors (Lipinski definition) is 6. The van der Waals surface area contributed by atoms with E-state index in [2.05, 4.69) is 10.6 Å². The van der Waals surface area contributed by atoms with E-state index in [1.165, 1.54) is 12.1 Å². The van der Waals surface area contributed by atoms with Crippen molar-refractivity contribution in [3.63, 3.8) is 0 Å².